The number of thioether (sulfide) groups is 1. The van der Waals surface area contributed by atoms with Crippen molar-refractivity contribution in [1.82, 2.24) is 14.8 Å². The average Bonchev–Trinajstić information content (AvgIpc) is 2.68. The third-order valence-corrected chi connectivity index (χ3v) is 3.70. The maximum atomic E-state index is 11.2. The number of aromatic nitrogens is 3. The standard InChI is InChI=1S/C11H13N5O2S/c1-16-10(18)14-15-11(16)19-5-7-3-2-6(9(13)17)4-8(7)12/h2-4H,5,12H2,1H3,(H2,13,17)(H,14,18). The SMILES string of the molecule is Cn1c(SCc2ccc(C(N)=O)cc2N)n[nH]c1=O. The van der Waals surface area contributed by atoms with Crippen LogP contribution in [0.4, 0.5) is 5.69 Å². The van der Waals surface area contributed by atoms with Gasteiger partial charge in [-0.2, -0.15) is 0 Å². The smallest absolute Gasteiger partial charge is 0.343 e. The van der Waals surface area contributed by atoms with Gasteiger partial charge >= 0.3 is 5.69 Å². The van der Waals surface area contributed by atoms with Gasteiger partial charge in [-0.25, -0.2) is 9.89 Å². The Morgan fingerprint density at radius 2 is 2.26 bits per heavy atom. The number of benzene rings is 1. The number of amides is 1. The van der Waals surface area contributed by atoms with Crippen LogP contribution >= 0.6 is 11.8 Å². The van der Waals surface area contributed by atoms with Crippen LogP contribution < -0.4 is 17.2 Å². The summed E-state index contributed by atoms with van der Waals surface area (Å²) in [5.74, 6) is 0.0313. The van der Waals surface area contributed by atoms with Crippen molar-refractivity contribution < 1.29 is 4.79 Å². The van der Waals surface area contributed by atoms with Crippen molar-refractivity contribution in [2.75, 3.05) is 5.73 Å². The predicted octanol–water partition coefficient (Wildman–Crippen LogP) is 0.0818. The molecule has 100 valence electrons. The van der Waals surface area contributed by atoms with Gasteiger partial charge in [0.15, 0.2) is 5.16 Å². The molecule has 0 spiro atoms. The summed E-state index contributed by atoms with van der Waals surface area (Å²) in [6.07, 6.45) is 0. The summed E-state index contributed by atoms with van der Waals surface area (Å²) in [6, 6.07) is 4.91. The van der Waals surface area contributed by atoms with Crippen LogP contribution in [0.5, 0.6) is 0 Å². The lowest BCUT2D eigenvalue weighted by molar-refractivity contribution is 0.100. The first kappa shape index (κ1) is 13.2. The van der Waals surface area contributed by atoms with E-state index in [4.69, 9.17) is 11.5 Å². The molecule has 0 radical (unpaired) electrons. The number of H-pyrrole nitrogens is 1. The van der Waals surface area contributed by atoms with Gasteiger partial charge in [0.25, 0.3) is 0 Å². The first-order valence-corrected chi connectivity index (χ1v) is 6.40. The first-order valence-electron chi connectivity index (χ1n) is 5.41. The summed E-state index contributed by atoms with van der Waals surface area (Å²) >= 11 is 1.37. The molecule has 0 aliphatic carbocycles. The Labute approximate surface area is 113 Å². The van der Waals surface area contributed by atoms with Gasteiger partial charge in [0.05, 0.1) is 0 Å². The molecule has 7 nitrogen and oxygen atoms in total. The van der Waals surface area contributed by atoms with Gasteiger partial charge in [-0.15, -0.1) is 5.10 Å². The van der Waals surface area contributed by atoms with E-state index < -0.39 is 5.91 Å². The van der Waals surface area contributed by atoms with Crippen LogP contribution in [-0.2, 0) is 12.8 Å². The molecule has 2 aromatic rings. The third-order valence-electron chi connectivity index (χ3n) is 2.63. The van der Waals surface area contributed by atoms with E-state index in [2.05, 4.69) is 10.2 Å². The number of nitrogens with one attached hydrogen (secondary N) is 1. The zero-order valence-electron chi connectivity index (χ0n) is 10.2. The molecule has 0 bridgehead atoms. The normalized spacial score (nSPS) is 10.6. The van der Waals surface area contributed by atoms with Gasteiger partial charge < -0.3 is 11.5 Å². The fraction of sp³-hybridized carbons (Fsp3) is 0.182. The number of nitrogens with zero attached hydrogens (tertiary/aromatic N) is 2. The maximum Gasteiger partial charge on any atom is 0.343 e. The molecule has 0 aliphatic rings. The summed E-state index contributed by atoms with van der Waals surface area (Å²) in [6.45, 7) is 0. The number of hydrogen-bond acceptors (Lipinski definition) is 5. The van der Waals surface area contributed by atoms with Crippen molar-refractivity contribution in [3.05, 3.63) is 39.8 Å². The summed E-state index contributed by atoms with van der Waals surface area (Å²) in [4.78, 5) is 22.2. The number of nitrogen functional groups attached to an aromatic ring is 1. The average molecular weight is 279 g/mol. The largest absolute Gasteiger partial charge is 0.398 e. The van der Waals surface area contributed by atoms with Crippen molar-refractivity contribution in [2.24, 2.45) is 12.8 Å². The Morgan fingerprint density at radius 1 is 1.53 bits per heavy atom. The van der Waals surface area contributed by atoms with Crippen molar-refractivity contribution in [2.45, 2.75) is 10.9 Å². The number of carbonyl (C=O) groups is 1. The van der Waals surface area contributed by atoms with Crippen molar-refractivity contribution in [3.8, 4) is 0 Å². The predicted molar refractivity (Wildman–Crippen MR) is 72.8 cm³/mol. The van der Waals surface area contributed by atoms with Crippen LogP contribution in [0.1, 0.15) is 15.9 Å². The molecule has 0 atom stereocenters. The summed E-state index contributed by atoms with van der Waals surface area (Å²) in [5, 5.41) is 6.81. The maximum absolute atomic E-state index is 11.2. The van der Waals surface area contributed by atoms with E-state index in [1.165, 1.54) is 16.3 Å². The number of aromatic amines is 1. The van der Waals surface area contributed by atoms with Gasteiger partial charge in [-0.05, 0) is 17.7 Å². The molecule has 1 aromatic heterocycles. The Kier molecular flexibility index (Phi) is 3.61. The summed E-state index contributed by atoms with van der Waals surface area (Å²) in [7, 11) is 1.63. The molecular formula is C11H13N5O2S. The Hall–Kier alpha value is -2.22. The van der Waals surface area contributed by atoms with E-state index >= 15 is 0 Å². The molecule has 1 heterocycles. The molecule has 19 heavy (non-hydrogen) atoms. The Morgan fingerprint density at radius 3 is 2.79 bits per heavy atom. The molecular weight excluding hydrogens is 266 g/mol. The number of hydrogen-bond donors (Lipinski definition) is 3. The Bertz CT molecular complexity index is 676. The molecule has 0 saturated carbocycles. The lowest BCUT2D eigenvalue weighted by atomic mass is 10.1. The van der Waals surface area contributed by atoms with Crippen molar-refractivity contribution >= 4 is 23.4 Å². The fourth-order valence-corrected chi connectivity index (χ4v) is 2.42. The van der Waals surface area contributed by atoms with E-state index in [-0.39, 0.29) is 5.69 Å². The van der Waals surface area contributed by atoms with Gasteiger partial charge in [-0.3, -0.25) is 9.36 Å². The van der Waals surface area contributed by atoms with Gasteiger partial charge in [0.2, 0.25) is 5.91 Å². The van der Waals surface area contributed by atoms with Gasteiger partial charge in [-0.1, -0.05) is 17.8 Å². The van der Waals surface area contributed by atoms with Crippen LogP contribution in [0.3, 0.4) is 0 Å². The number of rotatable bonds is 4. The van der Waals surface area contributed by atoms with E-state index in [9.17, 15) is 9.59 Å². The number of primary amides is 1. The highest BCUT2D eigenvalue weighted by molar-refractivity contribution is 7.98. The Balaban J connectivity index is 2.14. The molecule has 1 aromatic carbocycles. The molecule has 8 heteroatoms. The quantitative estimate of drug-likeness (QED) is 0.541. The third kappa shape index (κ3) is 2.79. The van der Waals surface area contributed by atoms with E-state index in [1.807, 2.05) is 0 Å². The minimum absolute atomic E-state index is 0.264. The molecule has 0 fully saturated rings. The van der Waals surface area contributed by atoms with Crippen molar-refractivity contribution in [3.63, 3.8) is 0 Å². The highest BCUT2D eigenvalue weighted by Gasteiger charge is 2.08. The van der Waals surface area contributed by atoms with Crippen molar-refractivity contribution in [1.29, 1.82) is 0 Å². The highest BCUT2D eigenvalue weighted by Crippen LogP contribution is 2.23. The second kappa shape index (κ2) is 5.19. The van der Waals surface area contributed by atoms with Crippen LogP contribution in [0.2, 0.25) is 0 Å². The summed E-state index contributed by atoms with van der Waals surface area (Å²) in [5.41, 5.74) is 12.5. The molecule has 0 saturated heterocycles. The lowest BCUT2D eigenvalue weighted by Crippen LogP contribution is -2.13. The number of nitrogens with two attached hydrogens (primary N) is 2. The monoisotopic (exact) mass is 279 g/mol. The zero-order valence-corrected chi connectivity index (χ0v) is 11.0. The molecule has 0 unspecified atom stereocenters. The van der Waals surface area contributed by atoms with E-state index in [0.29, 0.717) is 22.2 Å². The van der Waals surface area contributed by atoms with Crippen LogP contribution in [0.25, 0.3) is 0 Å². The molecule has 2 rings (SSSR count). The van der Waals surface area contributed by atoms with E-state index in [1.54, 1.807) is 25.2 Å². The summed E-state index contributed by atoms with van der Waals surface area (Å²) < 4.78 is 1.42. The number of anilines is 1. The van der Waals surface area contributed by atoms with Gasteiger partial charge in [0.1, 0.15) is 0 Å². The zero-order chi connectivity index (χ0) is 14.0. The first-order chi connectivity index (χ1) is 8.99. The minimum atomic E-state index is -0.513. The second-order valence-electron chi connectivity index (χ2n) is 3.94. The molecule has 0 aliphatic heterocycles. The fourth-order valence-electron chi connectivity index (χ4n) is 1.48. The van der Waals surface area contributed by atoms with Gasteiger partial charge in [0, 0.05) is 24.1 Å². The topological polar surface area (TPSA) is 120 Å². The van der Waals surface area contributed by atoms with Crippen LogP contribution in [0, 0.1) is 0 Å². The van der Waals surface area contributed by atoms with Crippen LogP contribution in [0.15, 0.2) is 28.2 Å². The molecule has 1 amide bonds. The highest BCUT2D eigenvalue weighted by atomic mass is 32.2. The lowest BCUT2D eigenvalue weighted by Gasteiger charge is -2.06. The second-order valence-corrected chi connectivity index (χ2v) is 4.88. The van der Waals surface area contributed by atoms with E-state index in [0.717, 1.165) is 5.56 Å². The van der Waals surface area contributed by atoms with Crippen LogP contribution in [-0.4, -0.2) is 20.7 Å². The minimum Gasteiger partial charge on any atom is -0.398 e. The number of carbonyl (C=O) groups excluding carboxylic acids is 1. The molecule has 5 N–H and O–H groups in total.